The molecule has 0 aliphatic rings. The Balaban J connectivity index is 1.49. The summed E-state index contributed by atoms with van der Waals surface area (Å²) in [5.74, 6) is 0.0742. The van der Waals surface area contributed by atoms with E-state index in [1.807, 2.05) is 0 Å². The fraction of sp³-hybridized carbons (Fsp3) is 0.136. The minimum absolute atomic E-state index is 0.0159. The van der Waals surface area contributed by atoms with Crippen LogP contribution in [0.2, 0.25) is 0 Å². The highest BCUT2D eigenvalue weighted by Gasteiger charge is 2.10. The van der Waals surface area contributed by atoms with E-state index in [0.29, 0.717) is 33.5 Å². The van der Waals surface area contributed by atoms with Crippen molar-refractivity contribution in [2.45, 2.75) is 19.9 Å². The molecule has 0 fully saturated rings. The third-order valence-electron chi connectivity index (χ3n) is 4.74. The maximum Gasteiger partial charge on any atom is 0.273 e. The first kappa shape index (κ1) is 20.0. The second-order valence-corrected chi connectivity index (χ2v) is 7.06. The molecule has 156 valence electrons. The number of carbonyl (C=O) groups excluding carboxylic acids is 1. The number of aromatic amines is 2. The maximum atomic E-state index is 12.5. The Kier molecular flexibility index (Phi) is 5.31. The van der Waals surface area contributed by atoms with Gasteiger partial charge in [-0.15, -0.1) is 0 Å². The molecule has 9 nitrogen and oxygen atoms in total. The average molecular weight is 417 g/mol. The monoisotopic (exact) mass is 417 g/mol. The van der Waals surface area contributed by atoms with Gasteiger partial charge in [0.15, 0.2) is 0 Å². The zero-order valence-electron chi connectivity index (χ0n) is 16.6. The number of carbonyl (C=O) groups is 1. The molecule has 2 aromatic carbocycles. The van der Waals surface area contributed by atoms with Crippen LogP contribution in [0.5, 0.6) is 0 Å². The fourth-order valence-corrected chi connectivity index (χ4v) is 3.30. The van der Waals surface area contributed by atoms with Crippen molar-refractivity contribution >= 4 is 22.4 Å². The number of hydrogen-bond donors (Lipinski definition) is 3. The molecular weight excluding hydrogens is 398 g/mol. The third kappa shape index (κ3) is 4.35. The SMILES string of the molecule is Cc1cc(=O)[nH]c(-c2cccc(NC(=O)CCn3[nH]c(=O)c4ccccc4c3=O)c2)n1. The molecule has 0 aliphatic heterocycles. The van der Waals surface area contributed by atoms with Crippen LogP contribution < -0.4 is 22.0 Å². The minimum Gasteiger partial charge on any atom is -0.326 e. The highest BCUT2D eigenvalue weighted by Crippen LogP contribution is 2.19. The number of rotatable bonds is 5. The van der Waals surface area contributed by atoms with Gasteiger partial charge in [0.1, 0.15) is 5.82 Å². The summed E-state index contributed by atoms with van der Waals surface area (Å²) in [6.45, 7) is 1.75. The van der Waals surface area contributed by atoms with Gasteiger partial charge in [-0.1, -0.05) is 24.3 Å². The lowest BCUT2D eigenvalue weighted by molar-refractivity contribution is -0.116. The minimum atomic E-state index is -0.386. The number of nitrogens with zero attached hydrogens (tertiary/aromatic N) is 2. The number of H-pyrrole nitrogens is 2. The number of aryl methyl sites for hydroxylation is 2. The summed E-state index contributed by atoms with van der Waals surface area (Å²) in [7, 11) is 0. The topological polar surface area (TPSA) is 130 Å². The van der Waals surface area contributed by atoms with Crippen LogP contribution in [0.15, 0.2) is 69.0 Å². The molecule has 0 saturated heterocycles. The number of amides is 1. The molecule has 0 atom stereocenters. The number of nitrogens with one attached hydrogen (secondary N) is 3. The quantitative estimate of drug-likeness (QED) is 0.456. The summed E-state index contributed by atoms with van der Waals surface area (Å²) in [6, 6.07) is 14.8. The normalized spacial score (nSPS) is 10.9. The summed E-state index contributed by atoms with van der Waals surface area (Å²) >= 11 is 0. The van der Waals surface area contributed by atoms with Crippen molar-refractivity contribution in [1.29, 1.82) is 0 Å². The molecule has 9 heteroatoms. The number of aromatic nitrogens is 4. The number of hydrogen-bond acceptors (Lipinski definition) is 5. The van der Waals surface area contributed by atoms with Crippen LogP contribution in [-0.4, -0.2) is 25.7 Å². The van der Waals surface area contributed by atoms with Crippen LogP contribution in [0.25, 0.3) is 22.2 Å². The molecule has 0 saturated carbocycles. The first-order valence-corrected chi connectivity index (χ1v) is 9.61. The van der Waals surface area contributed by atoms with Gasteiger partial charge >= 0.3 is 0 Å². The van der Waals surface area contributed by atoms with E-state index in [9.17, 15) is 19.2 Å². The van der Waals surface area contributed by atoms with Crippen molar-refractivity contribution in [2.75, 3.05) is 5.32 Å². The zero-order valence-corrected chi connectivity index (χ0v) is 16.6. The van der Waals surface area contributed by atoms with Crippen LogP contribution in [0.3, 0.4) is 0 Å². The van der Waals surface area contributed by atoms with E-state index in [2.05, 4.69) is 20.4 Å². The lowest BCUT2D eigenvalue weighted by atomic mass is 10.2. The summed E-state index contributed by atoms with van der Waals surface area (Å²) in [4.78, 5) is 55.8. The summed E-state index contributed by atoms with van der Waals surface area (Å²) in [5, 5.41) is 5.88. The Hall–Kier alpha value is -4.27. The molecule has 4 rings (SSSR count). The smallest absolute Gasteiger partial charge is 0.273 e. The molecule has 0 spiro atoms. The van der Waals surface area contributed by atoms with Gasteiger partial charge in [0.2, 0.25) is 5.91 Å². The second kappa shape index (κ2) is 8.23. The second-order valence-electron chi connectivity index (χ2n) is 7.06. The number of fused-ring (bicyclic) bond motifs is 1. The molecule has 3 N–H and O–H groups in total. The van der Waals surface area contributed by atoms with Crippen LogP contribution in [0, 0.1) is 6.92 Å². The van der Waals surface area contributed by atoms with Gasteiger partial charge in [-0.05, 0) is 31.2 Å². The van der Waals surface area contributed by atoms with Crippen molar-refractivity contribution < 1.29 is 4.79 Å². The predicted octanol–water partition coefficient (Wildman–Crippen LogP) is 1.78. The Morgan fingerprint density at radius 1 is 1.03 bits per heavy atom. The predicted molar refractivity (Wildman–Crippen MR) is 117 cm³/mol. The standard InChI is InChI=1S/C22H19N5O4/c1-13-11-19(29)25-20(23-13)14-5-4-6-15(12-14)24-18(28)9-10-27-22(31)17-8-3-2-7-16(17)21(30)26-27/h2-8,11-12H,9-10H2,1H3,(H,24,28)(H,26,30)(H,23,25,29). The van der Waals surface area contributed by atoms with E-state index in [1.54, 1.807) is 55.5 Å². The van der Waals surface area contributed by atoms with Gasteiger partial charge < -0.3 is 10.3 Å². The fourth-order valence-electron chi connectivity index (χ4n) is 3.30. The largest absolute Gasteiger partial charge is 0.326 e. The molecule has 0 radical (unpaired) electrons. The molecule has 0 bridgehead atoms. The van der Waals surface area contributed by atoms with Gasteiger partial charge in [0, 0.05) is 29.4 Å². The van der Waals surface area contributed by atoms with Crippen molar-refractivity contribution in [3.8, 4) is 11.4 Å². The van der Waals surface area contributed by atoms with E-state index in [4.69, 9.17) is 0 Å². The average Bonchev–Trinajstić information content (AvgIpc) is 2.75. The lowest BCUT2D eigenvalue weighted by Crippen LogP contribution is -2.31. The van der Waals surface area contributed by atoms with Gasteiger partial charge in [-0.3, -0.25) is 24.3 Å². The van der Waals surface area contributed by atoms with Crippen molar-refractivity contribution in [3.05, 3.63) is 91.4 Å². The zero-order chi connectivity index (χ0) is 22.0. The molecule has 2 aromatic heterocycles. The molecule has 0 aliphatic carbocycles. The molecule has 4 aromatic rings. The Bertz CT molecular complexity index is 1470. The van der Waals surface area contributed by atoms with Crippen molar-refractivity contribution in [3.63, 3.8) is 0 Å². The Labute approximate surface area is 175 Å². The Morgan fingerprint density at radius 3 is 2.58 bits per heavy atom. The molecular formula is C22H19N5O4. The van der Waals surface area contributed by atoms with E-state index in [0.717, 1.165) is 4.68 Å². The molecule has 0 unspecified atom stereocenters. The first-order valence-electron chi connectivity index (χ1n) is 9.61. The summed E-state index contributed by atoms with van der Waals surface area (Å²) in [5.41, 5.74) is 0.747. The van der Waals surface area contributed by atoms with Crippen LogP contribution in [0.4, 0.5) is 5.69 Å². The van der Waals surface area contributed by atoms with E-state index < -0.39 is 0 Å². The number of anilines is 1. The van der Waals surface area contributed by atoms with Crippen LogP contribution in [-0.2, 0) is 11.3 Å². The van der Waals surface area contributed by atoms with Gasteiger partial charge in [0.25, 0.3) is 16.7 Å². The van der Waals surface area contributed by atoms with Crippen molar-refractivity contribution in [2.24, 2.45) is 0 Å². The third-order valence-corrected chi connectivity index (χ3v) is 4.74. The van der Waals surface area contributed by atoms with E-state index in [1.165, 1.54) is 6.07 Å². The highest BCUT2D eigenvalue weighted by atomic mass is 16.2. The first-order chi connectivity index (χ1) is 14.9. The van der Waals surface area contributed by atoms with E-state index in [-0.39, 0.29) is 35.6 Å². The highest BCUT2D eigenvalue weighted by molar-refractivity contribution is 5.91. The summed E-state index contributed by atoms with van der Waals surface area (Å²) < 4.78 is 1.14. The van der Waals surface area contributed by atoms with Crippen molar-refractivity contribution in [1.82, 2.24) is 19.7 Å². The maximum absolute atomic E-state index is 12.5. The lowest BCUT2D eigenvalue weighted by Gasteiger charge is -2.09. The Morgan fingerprint density at radius 2 is 1.81 bits per heavy atom. The van der Waals surface area contributed by atoms with Gasteiger partial charge in [0.05, 0.1) is 17.3 Å². The van der Waals surface area contributed by atoms with Crippen LogP contribution >= 0.6 is 0 Å². The molecule has 31 heavy (non-hydrogen) atoms. The molecule has 2 heterocycles. The van der Waals surface area contributed by atoms with Gasteiger partial charge in [-0.2, -0.15) is 0 Å². The molecule has 1 amide bonds. The van der Waals surface area contributed by atoms with Crippen LogP contribution in [0.1, 0.15) is 12.1 Å². The van der Waals surface area contributed by atoms with E-state index >= 15 is 0 Å². The number of benzene rings is 2. The summed E-state index contributed by atoms with van der Waals surface area (Å²) in [6.07, 6.45) is -0.0159. The van der Waals surface area contributed by atoms with Gasteiger partial charge in [-0.25, -0.2) is 9.67 Å².